The number of aliphatic hydroxyl groups excluding tert-OH is 1. The number of rotatable bonds is 4. The third-order valence-electron chi connectivity index (χ3n) is 3.73. The lowest BCUT2D eigenvalue weighted by molar-refractivity contribution is 0.139. The maximum atomic E-state index is 13.5. The Kier molecular flexibility index (Phi) is 5.90. The number of hydrogen-bond donors (Lipinski definition) is 2. The fourth-order valence-electron chi connectivity index (χ4n) is 2.73. The SMILES string of the molecule is CC.NCC(O)C(c1cccc(F)c1)n1ccc2ccccc21. The quantitative estimate of drug-likeness (QED) is 0.771. The van der Waals surface area contributed by atoms with Crippen LogP contribution in [0.2, 0.25) is 0 Å². The van der Waals surface area contributed by atoms with Crippen LogP contribution in [-0.2, 0) is 0 Å². The molecule has 3 nitrogen and oxygen atoms in total. The lowest BCUT2D eigenvalue weighted by Gasteiger charge is -2.25. The first kappa shape index (κ1) is 17.2. The van der Waals surface area contributed by atoms with Gasteiger partial charge in [-0.25, -0.2) is 4.39 Å². The van der Waals surface area contributed by atoms with E-state index in [9.17, 15) is 9.50 Å². The van der Waals surface area contributed by atoms with Crippen molar-refractivity contribution in [1.29, 1.82) is 0 Å². The Hall–Kier alpha value is -2.17. The Morgan fingerprint density at radius 3 is 2.52 bits per heavy atom. The first-order valence-corrected chi connectivity index (χ1v) is 7.90. The molecule has 4 heteroatoms. The van der Waals surface area contributed by atoms with Crippen molar-refractivity contribution in [3.05, 3.63) is 72.2 Å². The number of aromatic nitrogens is 1. The molecule has 0 bridgehead atoms. The van der Waals surface area contributed by atoms with Crippen molar-refractivity contribution in [2.75, 3.05) is 6.54 Å². The smallest absolute Gasteiger partial charge is 0.123 e. The van der Waals surface area contributed by atoms with E-state index >= 15 is 0 Å². The van der Waals surface area contributed by atoms with Gasteiger partial charge in [0, 0.05) is 18.3 Å². The van der Waals surface area contributed by atoms with Gasteiger partial charge in [0.05, 0.1) is 12.1 Å². The molecule has 0 aliphatic carbocycles. The van der Waals surface area contributed by atoms with Gasteiger partial charge < -0.3 is 15.4 Å². The van der Waals surface area contributed by atoms with Gasteiger partial charge in [-0.15, -0.1) is 0 Å². The van der Waals surface area contributed by atoms with E-state index in [1.165, 1.54) is 12.1 Å². The molecule has 3 rings (SSSR count). The molecule has 3 aromatic rings. The number of fused-ring (bicyclic) bond motifs is 1. The fourth-order valence-corrected chi connectivity index (χ4v) is 2.73. The molecule has 2 atom stereocenters. The van der Waals surface area contributed by atoms with Crippen LogP contribution in [0.3, 0.4) is 0 Å². The summed E-state index contributed by atoms with van der Waals surface area (Å²) < 4.78 is 15.5. The molecule has 0 aliphatic rings. The molecule has 1 aromatic heterocycles. The Morgan fingerprint density at radius 1 is 1.09 bits per heavy atom. The lowest BCUT2D eigenvalue weighted by Crippen LogP contribution is -2.31. The van der Waals surface area contributed by atoms with Crippen molar-refractivity contribution in [1.82, 2.24) is 4.57 Å². The standard InChI is InChI=1S/C17H17FN2O.C2H6/c18-14-6-3-5-13(10-14)17(16(21)11-19)20-9-8-12-4-1-2-7-15(12)20;1-2/h1-10,16-17,21H,11,19H2;1-2H3. The first-order valence-electron chi connectivity index (χ1n) is 7.90. The largest absolute Gasteiger partial charge is 0.389 e. The summed E-state index contributed by atoms with van der Waals surface area (Å²) in [5, 5.41) is 11.4. The van der Waals surface area contributed by atoms with Crippen LogP contribution >= 0.6 is 0 Å². The Labute approximate surface area is 136 Å². The molecule has 0 aliphatic heterocycles. The highest BCUT2D eigenvalue weighted by atomic mass is 19.1. The van der Waals surface area contributed by atoms with Crippen molar-refractivity contribution >= 4 is 10.9 Å². The second-order valence-electron chi connectivity index (χ2n) is 5.08. The zero-order chi connectivity index (χ0) is 16.8. The van der Waals surface area contributed by atoms with Crippen LogP contribution in [0.1, 0.15) is 25.5 Å². The van der Waals surface area contributed by atoms with Crippen molar-refractivity contribution in [3.8, 4) is 0 Å². The summed E-state index contributed by atoms with van der Waals surface area (Å²) in [5.41, 5.74) is 7.33. The molecule has 0 saturated heterocycles. The molecule has 1 heterocycles. The lowest BCUT2D eigenvalue weighted by atomic mass is 10.0. The monoisotopic (exact) mass is 314 g/mol. The second-order valence-corrected chi connectivity index (χ2v) is 5.08. The number of hydrogen-bond acceptors (Lipinski definition) is 2. The number of benzene rings is 2. The van der Waals surface area contributed by atoms with Gasteiger partial charge in [-0.3, -0.25) is 0 Å². The Balaban J connectivity index is 0.000000924. The predicted molar refractivity (Wildman–Crippen MR) is 92.9 cm³/mol. The minimum Gasteiger partial charge on any atom is -0.389 e. The predicted octanol–water partition coefficient (Wildman–Crippen LogP) is 3.72. The average Bonchev–Trinajstić information content (AvgIpc) is 3.01. The van der Waals surface area contributed by atoms with Gasteiger partial charge in [0.25, 0.3) is 0 Å². The third kappa shape index (κ3) is 3.60. The zero-order valence-electron chi connectivity index (χ0n) is 13.5. The minimum absolute atomic E-state index is 0.105. The van der Waals surface area contributed by atoms with Gasteiger partial charge in [-0.05, 0) is 35.2 Å². The maximum Gasteiger partial charge on any atom is 0.123 e. The topological polar surface area (TPSA) is 51.2 Å². The maximum absolute atomic E-state index is 13.5. The summed E-state index contributed by atoms with van der Waals surface area (Å²) >= 11 is 0. The number of aliphatic hydroxyl groups is 1. The van der Waals surface area contributed by atoms with Crippen LogP contribution in [0.25, 0.3) is 10.9 Å². The van der Waals surface area contributed by atoms with E-state index in [4.69, 9.17) is 5.73 Å². The number of para-hydroxylation sites is 1. The van der Waals surface area contributed by atoms with Gasteiger partial charge in [-0.2, -0.15) is 0 Å². The van der Waals surface area contributed by atoms with Crippen LogP contribution in [0, 0.1) is 5.82 Å². The Morgan fingerprint density at radius 2 is 1.83 bits per heavy atom. The minimum atomic E-state index is -0.789. The summed E-state index contributed by atoms with van der Waals surface area (Å²) in [6.45, 7) is 4.10. The van der Waals surface area contributed by atoms with Gasteiger partial charge in [0.15, 0.2) is 0 Å². The fraction of sp³-hybridized carbons (Fsp3) is 0.263. The molecule has 0 amide bonds. The normalized spacial score (nSPS) is 13.3. The number of nitrogens with two attached hydrogens (primary N) is 1. The summed E-state index contributed by atoms with van der Waals surface area (Å²) in [4.78, 5) is 0. The molecule has 0 saturated carbocycles. The van der Waals surface area contributed by atoms with E-state index in [1.807, 2.05) is 54.9 Å². The number of nitrogens with zero attached hydrogens (tertiary/aromatic N) is 1. The van der Waals surface area contributed by atoms with E-state index in [-0.39, 0.29) is 12.4 Å². The van der Waals surface area contributed by atoms with Gasteiger partial charge in [0.2, 0.25) is 0 Å². The third-order valence-corrected chi connectivity index (χ3v) is 3.73. The number of halogens is 1. The molecule has 0 radical (unpaired) electrons. The summed E-state index contributed by atoms with van der Waals surface area (Å²) in [6, 6.07) is 15.7. The van der Waals surface area contributed by atoms with E-state index in [1.54, 1.807) is 12.1 Å². The highest BCUT2D eigenvalue weighted by molar-refractivity contribution is 5.80. The highest BCUT2D eigenvalue weighted by Crippen LogP contribution is 2.28. The first-order chi connectivity index (χ1) is 11.2. The zero-order valence-corrected chi connectivity index (χ0v) is 13.5. The van der Waals surface area contributed by atoms with Crippen LogP contribution in [0.4, 0.5) is 4.39 Å². The van der Waals surface area contributed by atoms with E-state index < -0.39 is 12.1 Å². The average molecular weight is 314 g/mol. The molecule has 23 heavy (non-hydrogen) atoms. The molecular formula is C19H23FN2O. The van der Waals surface area contributed by atoms with Crippen LogP contribution in [-0.4, -0.2) is 22.3 Å². The van der Waals surface area contributed by atoms with Gasteiger partial charge in [-0.1, -0.05) is 44.2 Å². The summed E-state index contributed by atoms with van der Waals surface area (Å²) in [6.07, 6.45) is 1.11. The molecule has 122 valence electrons. The highest BCUT2D eigenvalue weighted by Gasteiger charge is 2.23. The van der Waals surface area contributed by atoms with Crippen LogP contribution in [0.15, 0.2) is 60.8 Å². The summed E-state index contributed by atoms with van der Waals surface area (Å²) in [5.74, 6) is -0.321. The molecule has 2 aromatic carbocycles. The second kappa shape index (κ2) is 7.90. The van der Waals surface area contributed by atoms with E-state index in [0.717, 1.165) is 10.9 Å². The molecule has 2 unspecified atom stereocenters. The van der Waals surface area contributed by atoms with Crippen LogP contribution < -0.4 is 5.73 Å². The summed E-state index contributed by atoms with van der Waals surface area (Å²) in [7, 11) is 0. The van der Waals surface area contributed by atoms with E-state index in [2.05, 4.69) is 0 Å². The van der Waals surface area contributed by atoms with Crippen LogP contribution in [0.5, 0.6) is 0 Å². The molecular weight excluding hydrogens is 291 g/mol. The van der Waals surface area contributed by atoms with Gasteiger partial charge in [0.1, 0.15) is 5.82 Å². The van der Waals surface area contributed by atoms with Crippen molar-refractivity contribution in [2.24, 2.45) is 5.73 Å². The molecule has 0 spiro atoms. The van der Waals surface area contributed by atoms with Crippen molar-refractivity contribution in [3.63, 3.8) is 0 Å². The molecule has 3 N–H and O–H groups in total. The van der Waals surface area contributed by atoms with Gasteiger partial charge >= 0.3 is 0 Å². The van der Waals surface area contributed by atoms with E-state index in [0.29, 0.717) is 5.56 Å². The Bertz CT molecular complexity index is 754. The van der Waals surface area contributed by atoms with Crippen molar-refractivity contribution < 1.29 is 9.50 Å². The van der Waals surface area contributed by atoms with Crippen molar-refractivity contribution in [2.45, 2.75) is 26.0 Å². The molecule has 0 fully saturated rings.